The monoisotopic (exact) mass is 253 g/mol. The lowest BCUT2D eigenvalue weighted by molar-refractivity contribution is -0.135. The van der Waals surface area contributed by atoms with Gasteiger partial charge in [-0.3, -0.25) is 4.79 Å². The maximum absolute atomic E-state index is 12.2. The van der Waals surface area contributed by atoms with Crippen molar-refractivity contribution in [2.45, 2.75) is 38.6 Å². The van der Waals surface area contributed by atoms with E-state index in [-0.39, 0.29) is 0 Å². The third-order valence-electron chi connectivity index (χ3n) is 4.38. The molecule has 2 saturated heterocycles. The first-order valence-corrected chi connectivity index (χ1v) is 7.35. The minimum Gasteiger partial charge on any atom is -0.337 e. The summed E-state index contributed by atoms with van der Waals surface area (Å²) in [5.41, 5.74) is 0. The fourth-order valence-corrected chi connectivity index (χ4v) is 3.15. The van der Waals surface area contributed by atoms with E-state index in [9.17, 15) is 4.79 Å². The summed E-state index contributed by atoms with van der Waals surface area (Å²) in [7, 11) is 2.13. The number of carbonyl (C=O) groups excluding carboxylic acids is 1. The number of hydrogen-bond acceptors (Lipinski definition) is 3. The predicted molar refractivity (Wildman–Crippen MR) is 73.5 cm³/mol. The number of rotatable bonds is 3. The van der Waals surface area contributed by atoms with Crippen LogP contribution >= 0.6 is 0 Å². The molecule has 18 heavy (non-hydrogen) atoms. The first-order valence-electron chi connectivity index (χ1n) is 7.35. The zero-order valence-corrected chi connectivity index (χ0v) is 11.8. The van der Waals surface area contributed by atoms with Crippen LogP contribution in [0.1, 0.15) is 32.6 Å². The van der Waals surface area contributed by atoms with E-state index in [1.165, 1.54) is 12.8 Å². The van der Waals surface area contributed by atoms with Gasteiger partial charge in [0.1, 0.15) is 0 Å². The van der Waals surface area contributed by atoms with Gasteiger partial charge in [-0.1, -0.05) is 0 Å². The Kier molecular flexibility index (Phi) is 5.01. The van der Waals surface area contributed by atoms with Crippen molar-refractivity contribution in [1.82, 2.24) is 15.1 Å². The average molecular weight is 253 g/mol. The molecule has 1 unspecified atom stereocenters. The first kappa shape index (κ1) is 13.8. The highest BCUT2D eigenvalue weighted by molar-refractivity contribution is 5.76. The molecule has 2 heterocycles. The van der Waals surface area contributed by atoms with Crippen LogP contribution in [0.4, 0.5) is 0 Å². The largest absolute Gasteiger partial charge is 0.337 e. The Bertz CT molecular complexity index is 276. The van der Waals surface area contributed by atoms with Crippen LogP contribution in [0.2, 0.25) is 0 Å². The maximum Gasteiger partial charge on any atom is 0.222 e. The average Bonchev–Trinajstić information content (AvgIpc) is 2.37. The second-order valence-electron chi connectivity index (χ2n) is 5.93. The number of likely N-dealkylation sites (N-methyl/N-ethyl adjacent to an activating group) is 1. The van der Waals surface area contributed by atoms with Gasteiger partial charge >= 0.3 is 0 Å². The Morgan fingerprint density at radius 1 is 1.28 bits per heavy atom. The Labute approximate surface area is 111 Å². The van der Waals surface area contributed by atoms with Crippen LogP contribution in [0.5, 0.6) is 0 Å². The van der Waals surface area contributed by atoms with E-state index in [0.29, 0.717) is 11.9 Å². The molecule has 0 radical (unpaired) electrons. The van der Waals surface area contributed by atoms with Gasteiger partial charge < -0.3 is 15.1 Å². The van der Waals surface area contributed by atoms with E-state index in [0.717, 1.165) is 51.5 Å². The molecule has 2 fully saturated rings. The summed E-state index contributed by atoms with van der Waals surface area (Å²) in [6, 6.07) is 0.379. The fraction of sp³-hybridized carbons (Fsp3) is 0.929. The Balaban J connectivity index is 1.73. The van der Waals surface area contributed by atoms with Crippen molar-refractivity contribution in [3.05, 3.63) is 0 Å². The summed E-state index contributed by atoms with van der Waals surface area (Å²) < 4.78 is 0. The highest BCUT2D eigenvalue weighted by atomic mass is 16.2. The molecule has 0 aromatic rings. The second kappa shape index (κ2) is 6.53. The third-order valence-corrected chi connectivity index (χ3v) is 4.38. The van der Waals surface area contributed by atoms with Crippen molar-refractivity contribution in [3.63, 3.8) is 0 Å². The van der Waals surface area contributed by atoms with Crippen LogP contribution in [0, 0.1) is 5.92 Å². The molecule has 2 aliphatic heterocycles. The molecule has 104 valence electrons. The number of nitrogens with one attached hydrogen (secondary N) is 1. The molecule has 4 heteroatoms. The summed E-state index contributed by atoms with van der Waals surface area (Å²) in [4.78, 5) is 16.6. The van der Waals surface area contributed by atoms with E-state index in [1.54, 1.807) is 0 Å². The molecule has 1 N–H and O–H groups in total. The molecule has 1 atom stereocenters. The van der Waals surface area contributed by atoms with E-state index in [1.807, 2.05) is 0 Å². The standard InChI is InChI=1S/C14H27N3O/c1-12-11-16(2)9-10-17(12)14(18)4-3-13-5-7-15-8-6-13/h12-13,15H,3-11H2,1-2H3. The lowest BCUT2D eigenvalue weighted by Gasteiger charge is -2.38. The number of nitrogens with zero attached hydrogens (tertiary/aromatic N) is 2. The molecular formula is C14H27N3O. The maximum atomic E-state index is 12.2. The van der Waals surface area contributed by atoms with Gasteiger partial charge in [0.2, 0.25) is 5.91 Å². The van der Waals surface area contributed by atoms with Crippen LogP contribution in [0.3, 0.4) is 0 Å². The number of hydrogen-bond donors (Lipinski definition) is 1. The lowest BCUT2D eigenvalue weighted by atomic mass is 9.93. The number of carbonyl (C=O) groups is 1. The van der Waals surface area contributed by atoms with Gasteiger partial charge in [-0.15, -0.1) is 0 Å². The first-order chi connectivity index (χ1) is 8.66. The highest BCUT2D eigenvalue weighted by Gasteiger charge is 2.26. The molecule has 1 amide bonds. The molecule has 0 aromatic carbocycles. The Morgan fingerprint density at radius 3 is 2.67 bits per heavy atom. The Hall–Kier alpha value is -0.610. The van der Waals surface area contributed by atoms with Gasteiger partial charge in [-0.2, -0.15) is 0 Å². The molecule has 4 nitrogen and oxygen atoms in total. The van der Waals surface area contributed by atoms with Crippen LogP contribution in [0.25, 0.3) is 0 Å². The molecule has 0 bridgehead atoms. The van der Waals surface area contributed by atoms with Crippen molar-refractivity contribution in [1.29, 1.82) is 0 Å². The molecule has 0 saturated carbocycles. The highest BCUT2D eigenvalue weighted by Crippen LogP contribution is 2.19. The smallest absolute Gasteiger partial charge is 0.222 e. The van der Waals surface area contributed by atoms with Crippen LogP contribution < -0.4 is 5.32 Å². The van der Waals surface area contributed by atoms with Gasteiger partial charge in [0.25, 0.3) is 0 Å². The Morgan fingerprint density at radius 2 is 2.00 bits per heavy atom. The minimum atomic E-state index is 0.370. The number of amides is 1. The van der Waals surface area contributed by atoms with Crippen molar-refractivity contribution in [3.8, 4) is 0 Å². The zero-order valence-electron chi connectivity index (χ0n) is 11.8. The van der Waals surface area contributed by atoms with Crippen molar-refractivity contribution in [2.24, 2.45) is 5.92 Å². The summed E-state index contributed by atoms with van der Waals surface area (Å²) in [6.07, 6.45) is 4.31. The van der Waals surface area contributed by atoms with E-state index >= 15 is 0 Å². The van der Waals surface area contributed by atoms with Crippen molar-refractivity contribution < 1.29 is 4.79 Å². The van der Waals surface area contributed by atoms with Gasteiger partial charge in [0.15, 0.2) is 0 Å². The summed E-state index contributed by atoms with van der Waals surface area (Å²) in [5.74, 6) is 1.13. The van der Waals surface area contributed by atoms with Crippen molar-refractivity contribution in [2.75, 3.05) is 39.8 Å². The minimum absolute atomic E-state index is 0.370. The van der Waals surface area contributed by atoms with Crippen LogP contribution in [0.15, 0.2) is 0 Å². The fourth-order valence-electron chi connectivity index (χ4n) is 3.15. The summed E-state index contributed by atoms with van der Waals surface area (Å²) in [5, 5.41) is 3.38. The number of piperidine rings is 1. The number of piperazine rings is 1. The van der Waals surface area contributed by atoms with Gasteiger partial charge in [-0.25, -0.2) is 0 Å². The van der Waals surface area contributed by atoms with Crippen molar-refractivity contribution >= 4 is 5.91 Å². The van der Waals surface area contributed by atoms with Gasteiger partial charge in [-0.05, 0) is 52.2 Å². The SMILES string of the molecule is CC1CN(C)CCN1C(=O)CCC1CCNCC1. The van der Waals surface area contributed by atoms with E-state index in [4.69, 9.17) is 0 Å². The van der Waals surface area contributed by atoms with E-state index in [2.05, 4.69) is 29.1 Å². The van der Waals surface area contributed by atoms with Crippen LogP contribution in [-0.2, 0) is 4.79 Å². The molecule has 2 rings (SSSR count). The third kappa shape index (κ3) is 3.69. The zero-order chi connectivity index (χ0) is 13.0. The van der Waals surface area contributed by atoms with Crippen LogP contribution in [-0.4, -0.2) is 61.5 Å². The molecule has 0 aliphatic carbocycles. The second-order valence-corrected chi connectivity index (χ2v) is 5.93. The molecule has 2 aliphatic rings. The van der Waals surface area contributed by atoms with E-state index < -0.39 is 0 Å². The summed E-state index contributed by atoms with van der Waals surface area (Å²) in [6.45, 7) is 7.36. The molecular weight excluding hydrogens is 226 g/mol. The predicted octanol–water partition coefficient (Wildman–Crippen LogP) is 0.929. The summed E-state index contributed by atoms with van der Waals surface area (Å²) >= 11 is 0. The topological polar surface area (TPSA) is 35.6 Å². The van der Waals surface area contributed by atoms with Gasteiger partial charge in [0.05, 0.1) is 0 Å². The lowest BCUT2D eigenvalue weighted by Crippen LogP contribution is -2.52. The quantitative estimate of drug-likeness (QED) is 0.813. The molecule has 0 aromatic heterocycles. The van der Waals surface area contributed by atoms with Gasteiger partial charge in [0, 0.05) is 32.1 Å². The normalized spacial score (nSPS) is 27.4. The molecule has 0 spiro atoms.